The van der Waals surface area contributed by atoms with Gasteiger partial charge in [-0.2, -0.15) is 0 Å². The fourth-order valence-electron chi connectivity index (χ4n) is 2.13. The van der Waals surface area contributed by atoms with E-state index in [4.69, 9.17) is 4.74 Å². The molecule has 5 heteroatoms. The van der Waals surface area contributed by atoms with Crippen LogP contribution in [0.4, 0.5) is 10.1 Å². The van der Waals surface area contributed by atoms with E-state index in [2.05, 4.69) is 17.2 Å². The van der Waals surface area contributed by atoms with Crippen molar-refractivity contribution in [1.29, 1.82) is 0 Å². The second-order valence-corrected chi connectivity index (χ2v) is 6.03. The van der Waals surface area contributed by atoms with Crippen molar-refractivity contribution in [3.63, 3.8) is 0 Å². The summed E-state index contributed by atoms with van der Waals surface area (Å²) in [6.07, 6.45) is 0. The lowest BCUT2D eigenvalue weighted by molar-refractivity contribution is 0.321. The van der Waals surface area contributed by atoms with E-state index in [9.17, 15) is 4.39 Å². The van der Waals surface area contributed by atoms with Gasteiger partial charge in [0.2, 0.25) is 0 Å². The first-order valence-corrected chi connectivity index (χ1v) is 7.45. The maximum Gasteiger partial charge on any atom is 0.167 e. The van der Waals surface area contributed by atoms with E-state index in [0.29, 0.717) is 6.61 Å². The van der Waals surface area contributed by atoms with Crippen LogP contribution in [0.15, 0.2) is 18.2 Å². The summed E-state index contributed by atoms with van der Waals surface area (Å²) in [5, 5.41) is 4.32. The third-order valence-corrected chi connectivity index (χ3v) is 3.87. The lowest BCUT2D eigenvalue weighted by Gasteiger charge is -2.15. The third kappa shape index (κ3) is 3.28. The number of hydrogen-bond acceptors (Lipinski definition) is 4. The summed E-state index contributed by atoms with van der Waals surface area (Å²) in [5.74, 6) is -0.0679. The number of benzene rings is 1. The first-order valence-electron chi connectivity index (χ1n) is 6.64. The van der Waals surface area contributed by atoms with Crippen molar-refractivity contribution in [2.24, 2.45) is 0 Å². The van der Waals surface area contributed by atoms with Gasteiger partial charge in [0, 0.05) is 16.6 Å². The molecule has 1 heterocycles. The number of nitrogens with zero attached hydrogens (tertiary/aromatic N) is 1. The molecule has 108 valence electrons. The van der Waals surface area contributed by atoms with Crippen molar-refractivity contribution in [2.75, 3.05) is 11.9 Å². The summed E-state index contributed by atoms with van der Waals surface area (Å²) in [6, 6.07) is 4.96. The highest BCUT2D eigenvalue weighted by molar-refractivity contribution is 7.11. The molecule has 1 atom stereocenters. The van der Waals surface area contributed by atoms with Crippen molar-refractivity contribution in [2.45, 2.75) is 33.7 Å². The van der Waals surface area contributed by atoms with E-state index in [1.807, 2.05) is 26.8 Å². The molecule has 0 spiro atoms. The Bertz CT molecular complexity index is 598. The number of aryl methyl sites for hydroxylation is 2. The van der Waals surface area contributed by atoms with Crippen LogP contribution in [0, 0.1) is 19.7 Å². The van der Waals surface area contributed by atoms with E-state index in [1.54, 1.807) is 17.4 Å². The molecule has 0 aliphatic rings. The van der Waals surface area contributed by atoms with E-state index < -0.39 is 0 Å². The highest BCUT2D eigenvalue weighted by atomic mass is 32.1. The van der Waals surface area contributed by atoms with Crippen molar-refractivity contribution in [3.05, 3.63) is 39.6 Å². The fraction of sp³-hybridized carbons (Fsp3) is 0.400. The van der Waals surface area contributed by atoms with Crippen LogP contribution < -0.4 is 10.1 Å². The lowest BCUT2D eigenvalue weighted by atomic mass is 10.2. The van der Waals surface area contributed by atoms with Gasteiger partial charge in [-0.05, 0) is 39.8 Å². The van der Waals surface area contributed by atoms with Crippen molar-refractivity contribution >= 4 is 17.0 Å². The summed E-state index contributed by atoms with van der Waals surface area (Å²) in [7, 11) is 0. The van der Waals surface area contributed by atoms with Gasteiger partial charge in [-0.3, -0.25) is 0 Å². The zero-order chi connectivity index (χ0) is 14.7. The molecule has 0 aliphatic heterocycles. The molecule has 20 heavy (non-hydrogen) atoms. The molecule has 0 saturated heterocycles. The Morgan fingerprint density at radius 1 is 1.40 bits per heavy atom. The smallest absolute Gasteiger partial charge is 0.167 e. The minimum absolute atomic E-state index is 0.0392. The molecule has 1 aromatic heterocycles. The Balaban J connectivity index is 2.13. The van der Waals surface area contributed by atoms with Crippen LogP contribution in [-0.4, -0.2) is 11.6 Å². The Morgan fingerprint density at radius 3 is 2.70 bits per heavy atom. The molecule has 2 aromatic rings. The van der Waals surface area contributed by atoms with E-state index >= 15 is 0 Å². The molecular formula is C15H19FN2OS. The second kappa shape index (κ2) is 6.22. The maximum atomic E-state index is 13.8. The summed E-state index contributed by atoms with van der Waals surface area (Å²) in [5.41, 5.74) is 1.74. The number of halogens is 1. The highest BCUT2D eigenvalue weighted by Gasteiger charge is 2.14. The quantitative estimate of drug-likeness (QED) is 0.883. The van der Waals surface area contributed by atoms with Crippen molar-refractivity contribution < 1.29 is 9.13 Å². The first-order chi connectivity index (χ1) is 9.51. The SMILES string of the molecule is CCOc1ccc(NC(C)c2nc(C)sc2C)cc1F. The highest BCUT2D eigenvalue weighted by Crippen LogP contribution is 2.27. The van der Waals surface area contributed by atoms with Gasteiger partial charge in [0.15, 0.2) is 11.6 Å². The zero-order valence-electron chi connectivity index (χ0n) is 12.2. The predicted octanol–water partition coefficient (Wildman–Crippen LogP) is 4.47. The van der Waals surface area contributed by atoms with Crippen LogP contribution in [0.5, 0.6) is 5.75 Å². The van der Waals surface area contributed by atoms with Gasteiger partial charge < -0.3 is 10.1 Å². The van der Waals surface area contributed by atoms with Gasteiger partial charge in [-0.15, -0.1) is 11.3 Å². The molecule has 1 N–H and O–H groups in total. The van der Waals surface area contributed by atoms with Gasteiger partial charge in [0.05, 0.1) is 23.4 Å². The first kappa shape index (κ1) is 14.8. The molecule has 3 nitrogen and oxygen atoms in total. The van der Waals surface area contributed by atoms with Gasteiger partial charge in [-0.1, -0.05) is 0 Å². The number of ether oxygens (including phenoxy) is 1. The van der Waals surface area contributed by atoms with Gasteiger partial charge >= 0.3 is 0 Å². The minimum atomic E-state index is -0.352. The van der Waals surface area contributed by atoms with Gasteiger partial charge in [0.1, 0.15) is 0 Å². The van der Waals surface area contributed by atoms with Crippen molar-refractivity contribution in [1.82, 2.24) is 4.98 Å². The summed E-state index contributed by atoms with van der Waals surface area (Å²) in [6.45, 7) is 8.36. The molecule has 0 fully saturated rings. The van der Waals surface area contributed by atoms with Gasteiger partial charge in [-0.25, -0.2) is 9.37 Å². The Labute approximate surface area is 122 Å². The van der Waals surface area contributed by atoms with E-state index in [0.717, 1.165) is 16.4 Å². The number of aromatic nitrogens is 1. The summed E-state index contributed by atoms with van der Waals surface area (Å²) >= 11 is 1.68. The molecule has 0 amide bonds. The largest absolute Gasteiger partial charge is 0.491 e. The number of thiazole rings is 1. The monoisotopic (exact) mass is 294 g/mol. The average Bonchev–Trinajstić information content (AvgIpc) is 2.72. The molecule has 0 saturated carbocycles. The molecule has 1 unspecified atom stereocenters. The normalized spacial score (nSPS) is 12.2. The molecule has 0 bridgehead atoms. The Hall–Kier alpha value is -1.62. The summed E-state index contributed by atoms with van der Waals surface area (Å²) in [4.78, 5) is 5.70. The molecule has 0 radical (unpaired) electrons. The summed E-state index contributed by atoms with van der Waals surface area (Å²) < 4.78 is 19.0. The predicted molar refractivity (Wildman–Crippen MR) is 81.2 cm³/mol. The van der Waals surface area contributed by atoms with E-state index in [-0.39, 0.29) is 17.6 Å². The standard InChI is InChI=1S/C15H19FN2OS/c1-5-19-14-7-6-12(8-13(14)16)17-9(2)15-10(3)20-11(4)18-15/h6-9,17H,5H2,1-4H3. The van der Waals surface area contributed by atoms with Crippen LogP contribution >= 0.6 is 11.3 Å². The number of nitrogens with one attached hydrogen (secondary N) is 1. The topological polar surface area (TPSA) is 34.1 Å². The van der Waals surface area contributed by atoms with Gasteiger partial charge in [0.25, 0.3) is 0 Å². The zero-order valence-corrected chi connectivity index (χ0v) is 13.0. The maximum absolute atomic E-state index is 13.8. The number of anilines is 1. The number of rotatable bonds is 5. The molecular weight excluding hydrogens is 275 g/mol. The Morgan fingerprint density at radius 2 is 2.15 bits per heavy atom. The second-order valence-electron chi connectivity index (χ2n) is 4.62. The minimum Gasteiger partial charge on any atom is -0.491 e. The molecule has 0 aliphatic carbocycles. The molecule has 2 rings (SSSR count). The van der Waals surface area contributed by atoms with Crippen LogP contribution in [-0.2, 0) is 0 Å². The Kier molecular flexibility index (Phi) is 4.60. The molecule has 1 aromatic carbocycles. The van der Waals surface area contributed by atoms with Crippen molar-refractivity contribution in [3.8, 4) is 5.75 Å². The van der Waals surface area contributed by atoms with E-state index in [1.165, 1.54) is 10.9 Å². The van der Waals surface area contributed by atoms with Crippen LogP contribution in [0.1, 0.15) is 35.5 Å². The van der Waals surface area contributed by atoms with Crippen LogP contribution in [0.25, 0.3) is 0 Å². The number of hydrogen-bond donors (Lipinski definition) is 1. The van der Waals surface area contributed by atoms with Crippen LogP contribution in [0.2, 0.25) is 0 Å². The third-order valence-electron chi connectivity index (χ3n) is 2.96. The fourth-order valence-corrected chi connectivity index (χ4v) is 3.04. The average molecular weight is 294 g/mol. The lowest BCUT2D eigenvalue weighted by Crippen LogP contribution is -2.08. The van der Waals surface area contributed by atoms with Crippen LogP contribution in [0.3, 0.4) is 0 Å².